The lowest BCUT2D eigenvalue weighted by Gasteiger charge is -2.32. The van der Waals surface area contributed by atoms with Gasteiger partial charge in [-0.25, -0.2) is 9.97 Å². The monoisotopic (exact) mass is 670 g/mol. The molecular formula is C42H38N8O. The van der Waals surface area contributed by atoms with E-state index in [1.54, 1.807) is 0 Å². The van der Waals surface area contributed by atoms with Gasteiger partial charge in [0, 0.05) is 73.8 Å². The molecule has 9 heteroatoms. The zero-order valence-electron chi connectivity index (χ0n) is 28.6. The lowest BCUT2D eigenvalue weighted by molar-refractivity contribution is 0.479. The van der Waals surface area contributed by atoms with Crippen LogP contribution in [0.15, 0.2) is 182 Å². The van der Waals surface area contributed by atoms with E-state index >= 15 is 0 Å². The number of hydrogen-bond acceptors (Lipinski definition) is 9. The largest absolute Gasteiger partial charge is 0.457 e. The molecule has 252 valence electrons. The van der Waals surface area contributed by atoms with Crippen LogP contribution in [0.25, 0.3) is 0 Å². The number of hydrogen-bond donors (Lipinski definition) is 0. The fraction of sp³-hybridized carbons (Fsp3) is 0.0952. The average Bonchev–Trinajstić information content (AvgIpc) is 3.75. The molecule has 0 bridgehead atoms. The first-order valence-corrected chi connectivity index (χ1v) is 16.9. The summed E-state index contributed by atoms with van der Waals surface area (Å²) >= 11 is 0. The third-order valence-electron chi connectivity index (χ3n) is 8.69. The van der Waals surface area contributed by atoms with Crippen molar-refractivity contribution in [2.24, 2.45) is 0 Å². The fourth-order valence-electron chi connectivity index (χ4n) is 6.45. The predicted octanol–water partition coefficient (Wildman–Crippen LogP) is 8.96. The highest BCUT2D eigenvalue weighted by atomic mass is 16.5. The van der Waals surface area contributed by atoms with Gasteiger partial charge < -0.3 is 24.3 Å². The third kappa shape index (κ3) is 6.65. The van der Waals surface area contributed by atoms with Gasteiger partial charge in [-0.15, -0.1) is 0 Å². The van der Waals surface area contributed by atoms with Crippen LogP contribution < -0.4 is 24.3 Å². The molecule has 0 atom stereocenters. The molecule has 6 aromatic rings. The van der Waals surface area contributed by atoms with Gasteiger partial charge in [0.25, 0.3) is 0 Å². The van der Waals surface area contributed by atoms with Crippen LogP contribution in [0.1, 0.15) is 0 Å². The maximum absolute atomic E-state index is 6.59. The number of anilines is 6. The topological polar surface area (TPSA) is 54.5 Å². The summed E-state index contributed by atoms with van der Waals surface area (Å²) in [4.78, 5) is 22.7. The molecule has 51 heavy (non-hydrogen) atoms. The maximum Gasteiger partial charge on any atom is 0.138 e. The molecule has 0 saturated carbocycles. The number of rotatable bonds is 10. The highest BCUT2D eigenvalue weighted by molar-refractivity contribution is 5.73. The second kappa shape index (κ2) is 14.0. The molecule has 2 aliphatic rings. The minimum Gasteiger partial charge on any atom is -0.457 e. The number of benzene rings is 4. The number of aromatic nitrogens is 2. The Balaban J connectivity index is 1.08. The molecule has 0 N–H and O–H groups in total. The molecule has 0 saturated heterocycles. The zero-order chi connectivity index (χ0) is 34.6. The van der Waals surface area contributed by atoms with Gasteiger partial charge in [-0.1, -0.05) is 60.7 Å². The SMILES string of the molecule is CN1C=C(N(c2ccccc2)c2ccccn2)N(c2cccc(Oc3cccc(N4CN(C)C=C4N(c4ccccc4)c4ccccn4)c3)c2)C1. The Hall–Kier alpha value is -6.74. The van der Waals surface area contributed by atoms with E-state index in [1.807, 2.05) is 109 Å². The second-order valence-electron chi connectivity index (χ2n) is 12.4. The standard InChI is InChI=1S/C42H38N8O/c1-45-29-41(49(33-15-5-3-6-16-33)39-23-9-11-25-43-39)47(31-45)35-19-13-21-37(27-35)51-38-22-14-20-36(28-38)48-32-46(2)30-42(48)50(34-17-7-4-8-18-34)40-24-10-12-26-44-40/h3-30H,31-32H2,1-2H3. The minimum absolute atomic E-state index is 0.677. The number of ether oxygens (including phenoxy) is 1. The smallest absolute Gasteiger partial charge is 0.138 e. The van der Waals surface area contributed by atoms with Gasteiger partial charge in [0.2, 0.25) is 0 Å². The van der Waals surface area contributed by atoms with Crippen molar-refractivity contribution >= 4 is 34.4 Å². The Labute approximate surface area is 298 Å². The first-order chi connectivity index (χ1) is 25.1. The molecule has 0 spiro atoms. The van der Waals surface area contributed by atoms with E-state index in [9.17, 15) is 0 Å². The molecular weight excluding hydrogens is 633 g/mol. The van der Waals surface area contributed by atoms with Gasteiger partial charge in [-0.05, 0) is 72.8 Å². The van der Waals surface area contributed by atoms with Crippen LogP contribution in [0.2, 0.25) is 0 Å². The van der Waals surface area contributed by atoms with Gasteiger partial charge in [-0.3, -0.25) is 9.80 Å². The van der Waals surface area contributed by atoms with Crippen LogP contribution in [0.5, 0.6) is 11.5 Å². The molecule has 9 nitrogen and oxygen atoms in total. The van der Waals surface area contributed by atoms with Crippen molar-refractivity contribution in [3.05, 3.63) is 182 Å². The van der Waals surface area contributed by atoms with Gasteiger partial charge >= 0.3 is 0 Å². The molecule has 2 aliphatic heterocycles. The summed E-state index contributed by atoms with van der Waals surface area (Å²) in [5, 5.41) is 0. The summed E-state index contributed by atoms with van der Waals surface area (Å²) in [7, 11) is 4.16. The van der Waals surface area contributed by atoms with Gasteiger partial charge in [0.1, 0.15) is 34.8 Å². The van der Waals surface area contributed by atoms with E-state index in [2.05, 4.69) is 104 Å². The average molecular weight is 671 g/mol. The Morgan fingerprint density at radius 1 is 0.490 bits per heavy atom. The van der Waals surface area contributed by atoms with Crippen molar-refractivity contribution in [2.45, 2.75) is 0 Å². The van der Waals surface area contributed by atoms with Crippen LogP contribution >= 0.6 is 0 Å². The van der Waals surface area contributed by atoms with Crippen LogP contribution in [0.4, 0.5) is 34.4 Å². The van der Waals surface area contributed by atoms with Crippen molar-refractivity contribution in [3.63, 3.8) is 0 Å². The first kappa shape index (κ1) is 31.5. The molecule has 0 amide bonds. The Morgan fingerprint density at radius 3 is 1.33 bits per heavy atom. The van der Waals surface area contributed by atoms with E-state index in [4.69, 9.17) is 14.7 Å². The van der Waals surface area contributed by atoms with Gasteiger partial charge in [0.15, 0.2) is 0 Å². The van der Waals surface area contributed by atoms with Crippen LogP contribution in [-0.2, 0) is 0 Å². The molecule has 2 aromatic heterocycles. The molecule has 0 unspecified atom stereocenters. The molecule has 0 radical (unpaired) electrons. The summed E-state index contributed by atoms with van der Waals surface area (Å²) in [5.74, 6) is 5.17. The Bertz CT molecular complexity index is 1910. The minimum atomic E-state index is 0.677. The van der Waals surface area contributed by atoms with E-state index in [0.29, 0.717) is 13.3 Å². The summed E-state index contributed by atoms with van der Waals surface area (Å²) in [6.07, 6.45) is 7.96. The van der Waals surface area contributed by atoms with E-state index in [-0.39, 0.29) is 0 Å². The maximum atomic E-state index is 6.59. The Kier molecular flexibility index (Phi) is 8.66. The molecule has 8 rings (SSSR count). The highest BCUT2D eigenvalue weighted by Gasteiger charge is 2.30. The highest BCUT2D eigenvalue weighted by Crippen LogP contribution is 2.39. The summed E-state index contributed by atoms with van der Waals surface area (Å²) in [5.41, 5.74) is 4.08. The third-order valence-corrected chi connectivity index (χ3v) is 8.69. The predicted molar refractivity (Wildman–Crippen MR) is 205 cm³/mol. The van der Waals surface area contributed by atoms with E-state index in [0.717, 1.165) is 57.5 Å². The quantitative estimate of drug-likeness (QED) is 0.142. The Morgan fingerprint density at radius 2 is 0.922 bits per heavy atom. The fourth-order valence-corrected chi connectivity index (χ4v) is 6.45. The second-order valence-corrected chi connectivity index (χ2v) is 12.4. The van der Waals surface area contributed by atoms with Gasteiger partial charge in [-0.2, -0.15) is 0 Å². The van der Waals surface area contributed by atoms with Crippen molar-refractivity contribution in [1.29, 1.82) is 0 Å². The zero-order valence-corrected chi connectivity index (χ0v) is 28.6. The van der Waals surface area contributed by atoms with Crippen LogP contribution in [0.3, 0.4) is 0 Å². The molecule has 4 heterocycles. The van der Waals surface area contributed by atoms with Crippen LogP contribution in [0, 0.1) is 0 Å². The summed E-state index contributed by atoms with van der Waals surface area (Å²) < 4.78 is 6.59. The molecule has 0 fully saturated rings. The van der Waals surface area contributed by atoms with E-state index < -0.39 is 0 Å². The summed E-state index contributed by atoms with van der Waals surface area (Å²) in [6.45, 7) is 1.35. The van der Waals surface area contributed by atoms with Crippen molar-refractivity contribution in [2.75, 3.05) is 47.0 Å². The molecule has 0 aliphatic carbocycles. The normalized spacial score (nSPS) is 14.0. The van der Waals surface area contributed by atoms with Crippen molar-refractivity contribution in [3.8, 4) is 11.5 Å². The van der Waals surface area contributed by atoms with Crippen LogP contribution in [-0.4, -0.2) is 47.2 Å². The lowest BCUT2D eigenvalue weighted by atomic mass is 10.2. The number of pyridine rings is 2. The van der Waals surface area contributed by atoms with Crippen molar-refractivity contribution < 1.29 is 4.74 Å². The lowest BCUT2D eigenvalue weighted by Crippen LogP contribution is -2.32. The number of para-hydroxylation sites is 2. The van der Waals surface area contributed by atoms with Gasteiger partial charge in [0.05, 0.1) is 13.3 Å². The number of nitrogens with zero attached hydrogens (tertiary/aromatic N) is 8. The van der Waals surface area contributed by atoms with Crippen molar-refractivity contribution in [1.82, 2.24) is 19.8 Å². The molecule has 4 aromatic carbocycles. The first-order valence-electron chi connectivity index (χ1n) is 16.9. The van der Waals surface area contributed by atoms with E-state index in [1.165, 1.54) is 0 Å². The summed E-state index contributed by atoms with van der Waals surface area (Å²) in [6, 6.07) is 49.1.